The van der Waals surface area contributed by atoms with E-state index in [9.17, 15) is 0 Å². The van der Waals surface area contributed by atoms with Gasteiger partial charge >= 0.3 is 0 Å². The van der Waals surface area contributed by atoms with Gasteiger partial charge in [-0.2, -0.15) is 0 Å². The molecule has 0 aromatic rings. The molecule has 0 amide bonds. The molecule has 1 atom stereocenters. The van der Waals surface area contributed by atoms with Crippen LogP contribution < -0.4 is 0 Å². The van der Waals surface area contributed by atoms with E-state index >= 15 is 0 Å². The van der Waals surface area contributed by atoms with Crippen LogP contribution in [0, 0.1) is 5.41 Å². The van der Waals surface area contributed by atoms with E-state index in [-0.39, 0.29) is 0 Å². The maximum atomic E-state index is 2.35. The third-order valence-electron chi connectivity index (χ3n) is 2.21. The van der Waals surface area contributed by atoms with Crippen LogP contribution in [0.2, 0.25) is 0 Å². The molecule has 0 nitrogen and oxygen atoms in total. The smallest absolute Gasteiger partial charge is 0.0146 e. The van der Waals surface area contributed by atoms with Gasteiger partial charge in [0.25, 0.3) is 0 Å². The van der Waals surface area contributed by atoms with Gasteiger partial charge in [-0.25, -0.2) is 0 Å². The summed E-state index contributed by atoms with van der Waals surface area (Å²) in [5.41, 5.74) is 0.556. The standard InChI is InChI=1S/C8H14/c1-3-8(2)6-4-5-7-8/h4,6H,3,5,7H2,1-2H3/t8-/m1/s1. The fourth-order valence-corrected chi connectivity index (χ4v) is 1.16. The van der Waals surface area contributed by atoms with Gasteiger partial charge in [-0.3, -0.25) is 0 Å². The zero-order valence-electron chi connectivity index (χ0n) is 5.78. The Morgan fingerprint density at radius 3 is 2.62 bits per heavy atom. The zero-order chi connectivity index (χ0) is 6.04. The van der Waals surface area contributed by atoms with E-state index in [1.165, 1.54) is 19.3 Å². The Balaban J connectivity index is 2.54. The van der Waals surface area contributed by atoms with Gasteiger partial charge in [0.1, 0.15) is 0 Å². The summed E-state index contributed by atoms with van der Waals surface area (Å²) in [5.74, 6) is 0. The number of allylic oxidation sites excluding steroid dienone is 2. The molecule has 1 rings (SSSR count). The molecule has 0 saturated heterocycles. The van der Waals surface area contributed by atoms with Gasteiger partial charge in [-0.15, -0.1) is 0 Å². The second kappa shape index (κ2) is 1.93. The molecule has 0 unspecified atom stereocenters. The molecule has 0 radical (unpaired) electrons. The van der Waals surface area contributed by atoms with Crippen molar-refractivity contribution in [2.24, 2.45) is 5.41 Å². The molecule has 0 aromatic heterocycles. The van der Waals surface area contributed by atoms with Crippen molar-refractivity contribution < 1.29 is 0 Å². The molecule has 0 saturated carbocycles. The third kappa shape index (κ3) is 0.936. The summed E-state index contributed by atoms with van der Waals surface area (Å²) in [6.07, 6.45) is 8.60. The fraction of sp³-hybridized carbons (Fsp3) is 0.750. The van der Waals surface area contributed by atoms with Crippen molar-refractivity contribution in [3.05, 3.63) is 12.2 Å². The molecular formula is C8H14. The van der Waals surface area contributed by atoms with E-state index in [2.05, 4.69) is 26.0 Å². The average Bonchev–Trinajstić information content (AvgIpc) is 2.17. The summed E-state index contributed by atoms with van der Waals surface area (Å²) < 4.78 is 0. The van der Waals surface area contributed by atoms with Crippen molar-refractivity contribution in [1.29, 1.82) is 0 Å². The van der Waals surface area contributed by atoms with E-state index in [0.29, 0.717) is 5.41 Å². The minimum Gasteiger partial charge on any atom is -0.0880 e. The summed E-state index contributed by atoms with van der Waals surface area (Å²) in [6.45, 7) is 4.59. The van der Waals surface area contributed by atoms with Crippen molar-refractivity contribution in [3.8, 4) is 0 Å². The van der Waals surface area contributed by atoms with Gasteiger partial charge in [0.05, 0.1) is 0 Å². The Morgan fingerprint density at radius 2 is 2.38 bits per heavy atom. The van der Waals surface area contributed by atoms with Crippen LogP contribution in [0.1, 0.15) is 33.1 Å². The number of hydrogen-bond donors (Lipinski definition) is 0. The number of rotatable bonds is 1. The molecule has 0 spiro atoms. The van der Waals surface area contributed by atoms with E-state index in [1.807, 2.05) is 0 Å². The van der Waals surface area contributed by atoms with Crippen LogP contribution in [0.15, 0.2) is 12.2 Å². The maximum absolute atomic E-state index is 2.35. The second-order valence-electron chi connectivity index (χ2n) is 2.95. The molecule has 0 fully saturated rings. The minimum atomic E-state index is 0.556. The van der Waals surface area contributed by atoms with Crippen LogP contribution in [0.3, 0.4) is 0 Å². The monoisotopic (exact) mass is 110 g/mol. The highest BCUT2D eigenvalue weighted by molar-refractivity contribution is 5.03. The van der Waals surface area contributed by atoms with E-state index in [1.54, 1.807) is 0 Å². The van der Waals surface area contributed by atoms with Crippen molar-refractivity contribution in [3.63, 3.8) is 0 Å². The highest BCUT2D eigenvalue weighted by Gasteiger charge is 2.20. The molecule has 1 aliphatic carbocycles. The lowest BCUT2D eigenvalue weighted by Crippen LogP contribution is -2.05. The summed E-state index contributed by atoms with van der Waals surface area (Å²) in [6, 6.07) is 0. The van der Waals surface area contributed by atoms with Crippen molar-refractivity contribution >= 4 is 0 Å². The first-order chi connectivity index (χ1) is 3.77. The Bertz CT molecular complexity index is 103. The van der Waals surface area contributed by atoms with Crippen LogP contribution in [-0.4, -0.2) is 0 Å². The molecule has 0 aliphatic heterocycles. The van der Waals surface area contributed by atoms with Crippen LogP contribution >= 0.6 is 0 Å². The first kappa shape index (κ1) is 5.87. The predicted molar refractivity (Wildman–Crippen MR) is 36.8 cm³/mol. The molecule has 8 heavy (non-hydrogen) atoms. The van der Waals surface area contributed by atoms with Crippen LogP contribution in [-0.2, 0) is 0 Å². The molecule has 1 aliphatic rings. The average molecular weight is 110 g/mol. The normalized spacial score (nSPS) is 36.2. The second-order valence-corrected chi connectivity index (χ2v) is 2.95. The topological polar surface area (TPSA) is 0 Å². The van der Waals surface area contributed by atoms with Crippen LogP contribution in [0.4, 0.5) is 0 Å². The van der Waals surface area contributed by atoms with Crippen LogP contribution in [0.5, 0.6) is 0 Å². The van der Waals surface area contributed by atoms with Gasteiger partial charge in [0, 0.05) is 0 Å². The Labute approximate surface area is 51.6 Å². The largest absolute Gasteiger partial charge is 0.0880 e. The van der Waals surface area contributed by atoms with Crippen molar-refractivity contribution in [2.75, 3.05) is 0 Å². The Morgan fingerprint density at radius 1 is 1.62 bits per heavy atom. The maximum Gasteiger partial charge on any atom is -0.0146 e. The quantitative estimate of drug-likeness (QED) is 0.455. The predicted octanol–water partition coefficient (Wildman–Crippen LogP) is 2.75. The van der Waals surface area contributed by atoms with Gasteiger partial charge in [-0.1, -0.05) is 26.0 Å². The summed E-state index contributed by atoms with van der Waals surface area (Å²) in [7, 11) is 0. The summed E-state index contributed by atoms with van der Waals surface area (Å²) in [4.78, 5) is 0. The molecule has 0 heteroatoms. The molecule has 0 bridgehead atoms. The van der Waals surface area contributed by atoms with E-state index in [4.69, 9.17) is 0 Å². The van der Waals surface area contributed by atoms with Crippen LogP contribution in [0.25, 0.3) is 0 Å². The van der Waals surface area contributed by atoms with Gasteiger partial charge < -0.3 is 0 Å². The Hall–Kier alpha value is -0.260. The fourth-order valence-electron chi connectivity index (χ4n) is 1.16. The lowest BCUT2D eigenvalue weighted by atomic mass is 9.88. The van der Waals surface area contributed by atoms with Crippen molar-refractivity contribution in [2.45, 2.75) is 33.1 Å². The summed E-state index contributed by atoms with van der Waals surface area (Å²) in [5, 5.41) is 0. The molecule has 0 N–H and O–H groups in total. The zero-order valence-corrected chi connectivity index (χ0v) is 5.78. The first-order valence-corrected chi connectivity index (χ1v) is 3.44. The molecular weight excluding hydrogens is 96.1 g/mol. The summed E-state index contributed by atoms with van der Waals surface area (Å²) >= 11 is 0. The molecule has 46 valence electrons. The van der Waals surface area contributed by atoms with E-state index < -0.39 is 0 Å². The number of hydrogen-bond acceptors (Lipinski definition) is 0. The molecule has 0 aromatic carbocycles. The van der Waals surface area contributed by atoms with Gasteiger partial charge in [-0.05, 0) is 24.7 Å². The minimum absolute atomic E-state index is 0.556. The van der Waals surface area contributed by atoms with Crippen molar-refractivity contribution in [1.82, 2.24) is 0 Å². The third-order valence-corrected chi connectivity index (χ3v) is 2.21. The van der Waals surface area contributed by atoms with Gasteiger partial charge in [0.2, 0.25) is 0 Å². The lowest BCUT2D eigenvalue weighted by Gasteiger charge is -2.17. The Kier molecular flexibility index (Phi) is 1.41. The highest BCUT2D eigenvalue weighted by atomic mass is 14.2. The SMILES string of the molecule is CC[C@]1(C)C=CCC1. The van der Waals surface area contributed by atoms with E-state index in [0.717, 1.165) is 0 Å². The molecule has 0 heterocycles. The first-order valence-electron chi connectivity index (χ1n) is 3.44. The lowest BCUT2D eigenvalue weighted by molar-refractivity contribution is 0.404. The highest BCUT2D eigenvalue weighted by Crippen LogP contribution is 2.33. The van der Waals surface area contributed by atoms with Gasteiger partial charge in [0.15, 0.2) is 0 Å².